The molecule has 0 atom stereocenters. The molecule has 1 aromatic carbocycles. The Morgan fingerprint density at radius 1 is 1.23 bits per heavy atom. The summed E-state index contributed by atoms with van der Waals surface area (Å²) in [6, 6.07) is 7.36. The van der Waals surface area contributed by atoms with Crippen molar-refractivity contribution in [1.29, 1.82) is 0 Å². The highest BCUT2D eigenvalue weighted by atomic mass is 32.2. The van der Waals surface area contributed by atoms with Crippen LogP contribution in [0.15, 0.2) is 37.7 Å². The van der Waals surface area contributed by atoms with Gasteiger partial charge in [-0.25, -0.2) is 8.42 Å². The largest absolute Gasteiger partial charge is 0.451 e. The number of nitrogens with zero attached hydrogens (tertiary/aromatic N) is 2. The van der Waals surface area contributed by atoms with Gasteiger partial charge in [-0.2, -0.15) is 4.31 Å². The monoisotopic (exact) mass is 451 g/mol. The molecule has 30 heavy (non-hydrogen) atoms. The predicted octanol–water partition coefficient (Wildman–Crippen LogP) is 1.78. The summed E-state index contributed by atoms with van der Waals surface area (Å²) in [6.45, 7) is 2.51. The van der Waals surface area contributed by atoms with E-state index < -0.39 is 14.9 Å². The van der Waals surface area contributed by atoms with Gasteiger partial charge in [0.15, 0.2) is 9.97 Å². The van der Waals surface area contributed by atoms with Crippen molar-refractivity contribution in [3.63, 3.8) is 0 Å². The SMILES string of the molecule is COCc1c(C(=O)N2CCN(S(=O)(=O)c3sc(=O)[nH]c3C)CC2)oc2ccccc12. The lowest BCUT2D eigenvalue weighted by Gasteiger charge is -2.33. The van der Waals surface area contributed by atoms with E-state index in [0.29, 0.717) is 28.2 Å². The third-order valence-electron chi connectivity index (χ3n) is 5.06. The van der Waals surface area contributed by atoms with E-state index >= 15 is 0 Å². The van der Waals surface area contributed by atoms with Gasteiger partial charge in [0.2, 0.25) is 0 Å². The minimum atomic E-state index is -3.78. The second-order valence-electron chi connectivity index (χ2n) is 6.96. The van der Waals surface area contributed by atoms with E-state index in [1.807, 2.05) is 18.2 Å². The summed E-state index contributed by atoms with van der Waals surface area (Å²) in [7, 11) is -2.23. The Hall–Kier alpha value is -2.47. The zero-order chi connectivity index (χ0) is 21.5. The Morgan fingerprint density at radius 3 is 2.57 bits per heavy atom. The molecule has 11 heteroatoms. The number of sulfonamides is 1. The fourth-order valence-corrected chi connectivity index (χ4v) is 6.45. The molecule has 1 fully saturated rings. The number of para-hydroxylation sites is 1. The number of H-pyrrole nitrogens is 1. The normalized spacial score (nSPS) is 15.7. The van der Waals surface area contributed by atoms with Crippen LogP contribution in [0.1, 0.15) is 21.8 Å². The first-order valence-corrected chi connectivity index (χ1v) is 11.6. The average molecular weight is 452 g/mol. The number of hydrogen-bond acceptors (Lipinski definition) is 7. The molecule has 2 aromatic heterocycles. The maximum Gasteiger partial charge on any atom is 0.305 e. The number of nitrogens with one attached hydrogen (secondary N) is 1. The fourth-order valence-electron chi connectivity index (χ4n) is 3.59. The maximum atomic E-state index is 13.1. The Morgan fingerprint density at radius 2 is 1.93 bits per heavy atom. The van der Waals surface area contributed by atoms with Crippen LogP contribution in [-0.2, 0) is 21.4 Å². The van der Waals surface area contributed by atoms with Crippen molar-refractivity contribution < 1.29 is 22.4 Å². The number of carbonyl (C=O) groups excluding carboxylic acids is 1. The number of methoxy groups -OCH3 is 1. The third-order valence-corrected chi connectivity index (χ3v) is 8.54. The van der Waals surface area contributed by atoms with Crippen molar-refractivity contribution in [3.8, 4) is 0 Å². The first kappa shape index (κ1) is 20.8. The molecular formula is C19H21N3O6S2. The van der Waals surface area contributed by atoms with Crippen LogP contribution in [0.4, 0.5) is 0 Å². The molecule has 160 valence electrons. The minimum Gasteiger partial charge on any atom is -0.451 e. The molecule has 0 saturated carbocycles. The summed E-state index contributed by atoms with van der Waals surface area (Å²) in [6.07, 6.45) is 0. The van der Waals surface area contributed by atoms with E-state index in [2.05, 4.69) is 4.98 Å². The number of rotatable bonds is 5. The highest BCUT2D eigenvalue weighted by Gasteiger charge is 2.34. The Kier molecular flexibility index (Phi) is 5.53. The first-order valence-electron chi connectivity index (χ1n) is 9.31. The van der Waals surface area contributed by atoms with E-state index in [1.54, 1.807) is 25.0 Å². The Bertz CT molecular complexity index is 1250. The predicted molar refractivity (Wildman–Crippen MR) is 111 cm³/mol. The lowest BCUT2D eigenvalue weighted by atomic mass is 10.1. The van der Waals surface area contributed by atoms with Crippen LogP contribution in [-0.4, -0.2) is 61.8 Å². The molecule has 1 saturated heterocycles. The number of piperazine rings is 1. The highest BCUT2D eigenvalue weighted by molar-refractivity contribution is 7.91. The number of amides is 1. The van der Waals surface area contributed by atoms with Crippen molar-refractivity contribution in [2.45, 2.75) is 17.7 Å². The minimum absolute atomic E-state index is 0.0203. The molecule has 3 heterocycles. The molecule has 0 aliphatic carbocycles. The van der Waals surface area contributed by atoms with Crippen molar-refractivity contribution in [1.82, 2.24) is 14.2 Å². The number of aromatic amines is 1. The number of aromatic nitrogens is 1. The van der Waals surface area contributed by atoms with E-state index in [9.17, 15) is 18.0 Å². The molecule has 1 aliphatic rings. The molecule has 0 radical (unpaired) electrons. The summed E-state index contributed by atoms with van der Waals surface area (Å²) in [5.74, 6) is -0.0770. The van der Waals surface area contributed by atoms with Gasteiger partial charge < -0.3 is 19.0 Å². The number of carbonyl (C=O) groups is 1. The molecule has 9 nitrogen and oxygen atoms in total. The summed E-state index contributed by atoms with van der Waals surface area (Å²) < 4.78 is 38.1. The zero-order valence-corrected chi connectivity index (χ0v) is 18.1. The lowest BCUT2D eigenvalue weighted by Crippen LogP contribution is -2.50. The van der Waals surface area contributed by atoms with E-state index in [1.165, 1.54) is 4.31 Å². The summed E-state index contributed by atoms with van der Waals surface area (Å²) >= 11 is 0.679. The number of ether oxygens (including phenoxy) is 1. The molecule has 4 rings (SSSR count). The maximum absolute atomic E-state index is 13.1. The van der Waals surface area contributed by atoms with Crippen molar-refractivity contribution in [3.05, 3.63) is 51.0 Å². The van der Waals surface area contributed by atoms with Crippen molar-refractivity contribution in [2.24, 2.45) is 0 Å². The second-order valence-corrected chi connectivity index (χ2v) is 10.1. The number of benzene rings is 1. The van der Waals surface area contributed by atoms with Gasteiger partial charge in [0, 0.05) is 49.9 Å². The van der Waals surface area contributed by atoms with E-state index in [4.69, 9.17) is 9.15 Å². The quantitative estimate of drug-likeness (QED) is 0.633. The smallest absolute Gasteiger partial charge is 0.305 e. The molecule has 3 aromatic rings. The van der Waals surface area contributed by atoms with Gasteiger partial charge in [-0.3, -0.25) is 9.59 Å². The summed E-state index contributed by atoms with van der Waals surface area (Å²) in [4.78, 5) is 28.3. The van der Waals surface area contributed by atoms with Gasteiger partial charge in [0.1, 0.15) is 5.58 Å². The topological polar surface area (TPSA) is 113 Å². The Balaban J connectivity index is 1.54. The van der Waals surface area contributed by atoms with E-state index in [-0.39, 0.29) is 48.7 Å². The van der Waals surface area contributed by atoms with Crippen LogP contribution in [0.3, 0.4) is 0 Å². The Labute approximate surface area is 176 Å². The lowest BCUT2D eigenvalue weighted by molar-refractivity contribution is 0.0662. The number of furan rings is 1. The molecule has 1 N–H and O–H groups in total. The van der Waals surface area contributed by atoms with Crippen LogP contribution in [0.25, 0.3) is 11.0 Å². The van der Waals surface area contributed by atoms with Crippen LogP contribution in [0, 0.1) is 6.92 Å². The zero-order valence-electron chi connectivity index (χ0n) is 16.5. The van der Waals surface area contributed by atoms with E-state index in [0.717, 1.165) is 5.39 Å². The van der Waals surface area contributed by atoms with Gasteiger partial charge in [0.05, 0.1) is 6.61 Å². The van der Waals surface area contributed by atoms with Gasteiger partial charge in [0.25, 0.3) is 15.9 Å². The van der Waals surface area contributed by atoms with Gasteiger partial charge >= 0.3 is 4.87 Å². The van der Waals surface area contributed by atoms with Crippen molar-refractivity contribution in [2.75, 3.05) is 33.3 Å². The molecule has 1 aliphatic heterocycles. The first-order chi connectivity index (χ1) is 14.3. The molecular weight excluding hydrogens is 430 g/mol. The number of fused-ring (bicyclic) bond motifs is 1. The summed E-state index contributed by atoms with van der Waals surface area (Å²) in [5, 5.41) is 0.821. The number of thiazole rings is 1. The summed E-state index contributed by atoms with van der Waals surface area (Å²) in [5.41, 5.74) is 1.61. The second kappa shape index (κ2) is 7.99. The van der Waals surface area contributed by atoms with Crippen LogP contribution in [0.2, 0.25) is 0 Å². The average Bonchev–Trinajstić information content (AvgIpc) is 3.28. The van der Waals surface area contributed by atoms with Crippen molar-refractivity contribution >= 4 is 38.2 Å². The van der Waals surface area contributed by atoms with Gasteiger partial charge in [-0.15, -0.1) is 0 Å². The fraction of sp³-hybridized carbons (Fsp3) is 0.368. The van der Waals surface area contributed by atoms with Gasteiger partial charge in [-0.05, 0) is 13.0 Å². The third kappa shape index (κ3) is 3.58. The molecule has 0 bridgehead atoms. The standard InChI is InChI=1S/C19H21N3O6S2/c1-12-18(29-19(24)20-12)30(25,26)22-9-7-21(8-10-22)17(23)16-14(11-27-2)13-5-3-4-6-15(13)28-16/h3-6H,7-11H2,1-2H3,(H,20,24). The highest BCUT2D eigenvalue weighted by Crippen LogP contribution is 2.28. The molecule has 1 amide bonds. The molecule has 0 unspecified atom stereocenters. The number of aryl methyl sites for hydroxylation is 1. The van der Waals surface area contributed by atoms with Gasteiger partial charge in [-0.1, -0.05) is 29.5 Å². The number of hydrogen-bond donors (Lipinski definition) is 1. The molecule has 0 spiro atoms. The van der Waals surface area contributed by atoms with Crippen LogP contribution < -0.4 is 4.87 Å². The van der Waals surface area contributed by atoms with Crippen LogP contribution in [0.5, 0.6) is 0 Å². The van der Waals surface area contributed by atoms with Crippen LogP contribution >= 0.6 is 11.3 Å².